The summed E-state index contributed by atoms with van der Waals surface area (Å²) in [6.07, 6.45) is 3.54. The second kappa shape index (κ2) is 5.49. The van der Waals surface area contributed by atoms with Gasteiger partial charge in [-0.25, -0.2) is 22.2 Å². The van der Waals surface area contributed by atoms with Crippen molar-refractivity contribution in [2.24, 2.45) is 7.05 Å². The van der Waals surface area contributed by atoms with Crippen LogP contribution in [0.5, 0.6) is 0 Å². The average molecular weight is 328 g/mol. The Labute approximate surface area is 131 Å². The van der Waals surface area contributed by atoms with Crippen LogP contribution in [0, 0.1) is 0 Å². The van der Waals surface area contributed by atoms with Crippen LogP contribution >= 0.6 is 0 Å². The maximum Gasteiger partial charge on any atom is 0.345 e. The molecule has 0 unspecified atom stereocenters. The summed E-state index contributed by atoms with van der Waals surface area (Å²) in [5, 5.41) is 4.03. The highest BCUT2D eigenvalue weighted by Crippen LogP contribution is 2.37. The van der Waals surface area contributed by atoms with Gasteiger partial charge >= 0.3 is 5.69 Å². The molecule has 0 bridgehead atoms. The van der Waals surface area contributed by atoms with E-state index in [-0.39, 0.29) is 16.9 Å². The number of piperidine rings is 1. The lowest BCUT2D eigenvalue weighted by molar-refractivity contribution is 0.306. The fourth-order valence-electron chi connectivity index (χ4n) is 3.12. The zero-order chi connectivity index (χ0) is 16.1. The van der Waals surface area contributed by atoms with Gasteiger partial charge in [-0.15, -0.1) is 0 Å². The summed E-state index contributed by atoms with van der Waals surface area (Å²) in [5.74, 6) is 1.02. The Morgan fingerprint density at radius 1 is 1.14 bits per heavy atom. The fourth-order valence-corrected chi connectivity index (χ4v) is 4.44. The SMILES string of the molecule is CC(C)S(=O)(=O)N1CCC(c2nn(C)c(=O)n2C2CC2)CC1. The van der Waals surface area contributed by atoms with Crippen LogP contribution < -0.4 is 5.69 Å². The Bertz CT molecular complexity index is 707. The second-order valence-corrected chi connectivity index (χ2v) is 9.12. The molecule has 2 fully saturated rings. The van der Waals surface area contributed by atoms with Crippen molar-refractivity contribution in [3.05, 3.63) is 16.3 Å². The van der Waals surface area contributed by atoms with Crippen molar-refractivity contribution >= 4 is 10.0 Å². The molecule has 0 amide bonds. The van der Waals surface area contributed by atoms with Crippen LogP contribution in [0.15, 0.2) is 4.79 Å². The quantitative estimate of drug-likeness (QED) is 0.820. The first-order valence-electron chi connectivity index (χ1n) is 7.96. The molecule has 0 aromatic carbocycles. The summed E-state index contributed by atoms with van der Waals surface area (Å²) < 4.78 is 29.3. The lowest BCUT2D eigenvalue weighted by Crippen LogP contribution is -2.41. The third-order valence-electron chi connectivity index (χ3n) is 4.67. The first-order chi connectivity index (χ1) is 10.3. The van der Waals surface area contributed by atoms with Gasteiger partial charge in [0.1, 0.15) is 5.82 Å². The van der Waals surface area contributed by atoms with E-state index in [4.69, 9.17) is 0 Å². The highest BCUT2D eigenvalue weighted by atomic mass is 32.2. The molecule has 1 aliphatic carbocycles. The lowest BCUT2D eigenvalue weighted by Gasteiger charge is -2.32. The van der Waals surface area contributed by atoms with E-state index < -0.39 is 10.0 Å². The van der Waals surface area contributed by atoms with Gasteiger partial charge in [0.25, 0.3) is 0 Å². The van der Waals surface area contributed by atoms with Gasteiger partial charge in [0, 0.05) is 32.1 Å². The minimum atomic E-state index is -3.18. The summed E-state index contributed by atoms with van der Waals surface area (Å²) in [6.45, 7) is 4.46. The summed E-state index contributed by atoms with van der Waals surface area (Å²) in [4.78, 5) is 12.2. The van der Waals surface area contributed by atoms with E-state index in [1.54, 1.807) is 25.2 Å². The minimum absolute atomic E-state index is 0.0465. The predicted octanol–water partition coefficient (Wildman–Crippen LogP) is 0.834. The smallest absolute Gasteiger partial charge is 0.276 e. The van der Waals surface area contributed by atoms with E-state index in [0.717, 1.165) is 31.5 Å². The molecule has 8 heteroatoms. The average Bonchev–Trinajstić information content (AvgIpc) is 3.26. The number of nitrogens with zero attached hydrogens (tertiary/aromatic N) is 4. The number of hydrogen-bond acceptors (Lipinski definition) is 4. The van der Waals surface area contributed by atoms with Crippen LogP contribution in [0.25, 0.3) is 0 Å². The summed E-state index contributed by atoms with van der Waals surface area (Å²) in [6, 6.07) is 0.300. The molecule has 22 heavy (non-hydrogen) atoms. The Morgan fingerprint density at radius 2 is 1.73 bits per heavy atom. The van der Waals surface area contributed by atoms with Gasteiger partial charge in [0.2, 0.25) is 10.0 Å². The largest absolute Gasteiger partial charge is 0.345 e. The first kappa shape index (κ1) is 15.7. The van der Waals surface area contributed by atoms with E-state index >= 15 is 0 Å². The molecule has 1 aromatic rings. The van der Waals surface area contributed by atoms with Crippen LogP contribution in [0.1, 0.15) is 57.3 Å². The third-order valence-corrected chi connectivity index (χ3v) is 6.95. The van der Waals surface area contributed by atoms with Gasteiger partial charge in [-0.2, -0.15) is 5.10 Å². The van der Waals surface area contributed by atoms with E-state index in [2.05, 4.69) is 5.10 Å². The highest BCUT2D eigenvalue weighted by Gasteiger charge is 2.36. The van der Waals surface area contributed by atoms with E-state index in [9.17, 15) is 13.2 Å². The number of rotatable bonds is 4. The Hall–Kier alpha value is -1.15. The molecule has 0 N–H and O–H groups in total. The maximum absolute atomic E-state index is 12.2. The van der Waals surface area contributed by atoms with Gasteiger partial charge in [-0.1, -0.05) is 0 Å². The molecule has 3 rings (SSSR count). The van der Waals surface area contributed by atoms with Gasteiger partial charge in [-0.05, 0) is 39.5 Å². The zero-order valence-electron chi connectivity index (χ0n) is 13.4. The molecule has 2 heterocycles. The topological polar surface area (TPSA) is 77.2 Å². The van der Waals surface area contributed by atoms with Crippen LogP contribution in [-0.2, 0) is 17.1 Å². The van der Waals surface area contributed by atoms with Crippen molar-refractivity contribution in [2.45, 2.75) is 56.7 Å². The highest BCUT2D eigenvalue weighted by molar-refractivity contribution is 7.89. The van der Waals surface area contributed by atoms with Crippen LogP contribution in [-0.4, -0.2) is 45.4 Å². The Morgan fingerprint density at radius 3 is 2.23 bits per heavy atom. The van der Waals surface area contributed by atoms with Crippen molar-refractivity contribution in [2.75, 3.05) is 13.1 Å². The van der Waals surface area contributed by atoms with Crippen LogP contribution in [0.4, 0.5) is 0 Å². The molecule has 1 aromatic heterocycles. The van der Waals surface area contributed by atoms with Crippen molar-refractivity contribution in [1.29, 1.82) is 0 Å². The monoisotopic (exact) mass is 328 g/mol. The number of aryl methyl sites for hydroxylation is 1. The van der Waals surface area contributed by atoms with Crippen molar-refractivity contribution < 1.29 is 8.42 Å². The van der Waals surface area contributed by atoms with E-state index in [1.165, 1.54) is 4.68 Å². The molecule has 0 spiro atoms. The zero-order valence-corrected chi connectivity index (χ0v) is 14.2. The molecule has 124 valence electrons. The molecule has 0 atom stereocenters. The molecular weight excluding hydrogens is 304 g/mol. The van der Waals surface area contributed by atoms with Crippen molar-refractivity contribution in [3.63, 3.8) is 0 Å². The number of sulfonamides is 1. The Kier molecular flexibility index (Phi) is 3.92. The Balaban J connectivity index is 1.78. The van der Waals surface area contributed by atoms with Crippen molar-refractivity contribution in [1.82, 2.24) is 18.7 Å². The molecule has 1 saturated carbocycles. The predicted molar refractivity (Wildman–Crippen MR) is 83.3 cm³/mol. The summed E-state index contributed by atoms with van der Waals surface area (Å²) in [5.41, 5.74) is -0.0465. The van der Waals surface area contributed by atoms with Gasteiger partial charge in [-0.3, -0.25) is 4.57 Å². The molecule has 1 saturated heterocycles. The van der Waals surface area contributed by atoms with Crippen LogP contribution in [0.2, 0.25) is 0 Å². The van der Waals surface area contributed by atoms with Gasteiger partial charge in [0.15, 0.2) is 0 Å². The molecule has 7 nitrogen and oxygen atoms in total. The maximum atomic E-state index is 12.2. The van der Waals surface area contributed by atoms with Crippen molar-refractivity contribution in [3.8, 4) is 0 Å². The van der Waals surface area contributed by atoms with Gasteiger partial charge < -0.3 is 0 Å². The number of aromatic nitrogens is 3. The van der Waals surface area contributed by atoms with E-state index in [1.807, 2.05) is 4.57 Å². The van der Waals surface area contributed by atoms with Crippen LogP contribution in [0.3, 0.4) is 0 Å². The number of hydrogen-bond donors (Lipinski definition) is 0. The second-order valence-electron chi connectivity index (χ2n) is 6.63. The lowest BCUT2D eigenvalue weighted by atomic mass is 9.97. The molecular formula is C14H24N4O3S. The molecule has 1 aliphatic heterocycles. The first-order valence-corrected chi connectivity index (χ1v) is 9.47. The molecule has 0 radical (unpaired) electrons. The standard InChI is InChI=1S/C14H24N4O3S/c1-10(2)22(20,21)17-8-6-11(7-9-17)13-15-16(3)14(19)18(13)12-4-5-12/h10-12H,4-9H2,1-3H3. The third kappa shape index (κ3) is 2.62. The summed E-state index contributed by atoms with van der Waals surface area (Å²) >= 11 is 0. The van der Waals surface area contributed by atoms with Gasteiger partial charge in [0.05, 0.1) is 5.25 Å². The minimum Gasteiger partial charge on any atom is -0.276 e. The van der Waals surface area contributed by atoms with E-state index in [0.29, 0.717) is 19.1 Å². The fraction of sp³-hybridized carbons (Fsp3) is 0.857. The summed E-state index contributed by atoms with van der Waals surface area (Å²) in [7, 11) is -1.50. The molecule has 2 aliphatic rings. The normalized spacial score (nSPS) is 21.6.